The Morgan fingerprint density at radius 2 is 2.33 bits per heavy atom. The van der Waals surface area contributed by atoms with Gasteiger partial charge in [0.05, 0.1) is 6.04 Å². The first-order valence-electron chi connectivity index (χ1n) is 5.71. The number of aryl methyl sites for hydroxylation is 1. The Morgan fingerprint density at radius 3 is 2.87 bits per heavy atom. The van der Waals surface area contributed by atoms with Crippen LogP contribution in [0.25, 0.3) is 0 Å². The third kappa shape index (κ3) is 2.29. The highest BCUT2D eigenvalue weighted by atomic mass is 15.2. The van der Waals surface area contributed by atoms with E-state index in [0.717, 1.165) is 25.3 Å². The van der Waals surface area contributed by atoms with E-state index in [0.29, 0.717) is 6.04 Å². The van der Waals surface area contributed by atoms with Crippen molar-refractivity contribution in [3.63, 3.8) is 0 Å². The van der Waals surface area contributed by atoms with Gasteiger partial charge in [-0.25, -0.2) is 0 Å². The first kappa shape index (κ1) is 10.4. The van der Waals surface area contributed by atoms with Crippen LogP contribution in [0.1, 0.15) is 19.0 Å². The molecule has 1 fully saturated rings. The first-order chi connectivity index (χ1) is 7.31. The summed E-state index contributed by atoms with van der Waals surface area (Å²) in [6.07, 6.45) is 3.09. The Hall–Kier alpha value is -1.09. The van der Waals surface area contributed by atoms with Gasteiger partial charge in [-0.05, 0) is 25.5 Å². The Labute approximate surface area is 91.5 Å². The number of hydrogen-bond acceptors (Lipinski definition) is 3. The van der Waals surface area contributed by atoms with Crippen LogP contribution in [0.2, 0.25) is 0 Å². The van der Waals surface area contributed by atoms with Crippen LogP contribution in [0.5, 0.6) is 0 Å². The second-order valence-electron chi connectivity index (χ2n) is 4.16. The van der Waals surface area contributed by atoms with Gasteiger partial charge in [-0.2, -0.15) is 0 Å². The summed E-state index contributed by atoms with van der Waals surface area (Å²) in [4.78, 5) is 6.73. The van der Waals surface area contributed by atoms with Crippen molar-refractivity contribution in [2.45, 2.75) is 26.3 Å². The summed E-state index contributed by atoms with van der Waals surface area (Å²) in [5.74, 6) is 0. The molecular weight excluding hydrogens is 186 g/mol. The fourth-order valence-electron chi connectivity index (χ4n) is 1.97. The second-order valence-corrected chi connectivity index (χ2v) is 4.16. The Balaban J connectivity index is 2.15. The summed E-state index contributed by atoms with van der Waals surface area (Å²) < 4.78 is 0. The maximum atomic E-state index is 4.24. The molecule has 3 heteroatoms. The maximum Gasteiger partial charge on any atom is 0.0539 e. The third-order valence-corrected chi connectivity index (χ3v) is 2.88. The number of aromatic nitrogens is 1. The molecule has 0 spiro atoms. The average Bonchev–Trinajstić information content (AvgIpc) is 2.14. The van der Waals surface area contributed by atoms with E-state index in [1.165, 1.54) is 12.1 Å². The number of anilines is 1. The fraction of sp³-hybridized carbons (Fsp3) is 0.583. The van der Waals surface area contributed by atoms with Crippen LogP contribution in [-0.4, -0.2) is 30.7 Å². The zero-order chi connectivity index (χ0) is 10.7. The minimum Gasteiger partial charge on any atom is -0.366 e. The molecule has 1 aliphatic rings. The maximum absolute atomic E-state index is 4.24. The summed E-state index contributed by atoms with van der Waals surface area (Å²) in [6, 6.07) is 4.96. The highest BCUT2D eigenvalue weighted by molar-refractivity contribution is 5.48. The summed E-state index contributed by atoms with van der Waals surface area (Å²) >= 11 is 0. The van der Waals surface area contributed by atoms with E-state index in [-0.39, 0.29) is 0 Å². The number of nitrogens with one attached hydrogen (secondary N) is 1. The monoisotopic (exact) mass is 205 g/mol. The molecule has 0 radical (unpaired) electrons. The summed E-state index contributed by atoms with van der Waals surface area (Å²) in [7, 11) is 0. The van der Waals surface area contributed by atoms with E-state index < -0.39 is 0 Å². The lowest BCUT2D eigenvalue weighted by Crippen LogP contribution is -2.57. The molecular formula is C12H19N3. The summed E-state index contributed by atoms with van der Waals surface area (Å²) in [6.45, 7) is 7.64. The quantitative estimate of drug-likeness (QED) is 0.809. The third-order valence-electron chi connectivity index (χ3n) is 2.88. The van der Waals surface area contributed by atoms with Crippen LogP contribution >= 0.6 is 0 Å². The molecule has 0 amide bonds. The molecule has 0 unspecified atom stereocenters. The molecule has 3 nitrogen and oxygen atoms in total. The van der Waals surface area contributed by atoms with Crippen molar-refractivity contribution in [3.05, 3.63) is 24.0 Å². The van der Waals surface area contributed by atoms with Crippen LogP contribution in [-0.2, 0) is 0 Å². The van der Waals surface area contributed by atoms with Crippen molar-refractivity contribution in [2.24, 2.45) is 0 Å². The lowest BCUT2D eigenvalue weighted by molar-refractivity contribution is 0.412. The van der Waals surface area contributed by atoms with Crippen molar-refractivity contribution < 1.29 is 0 Å². The van der Waals surface area contributed by atoms with Gasteiger partial charge in [0, 0.05) is 37.2 Å². The molecule has 0 saturated carbocycles. The SMILES string of the molecule is CCCN(c1ccnc(C)c1)C1CNC1. The zero-order valence-electron chi connectivity index (χ0n) is 9.53. The van der Waals surface area contributed by atoms with Crippen molar-refractivity contribution in [1.29, 1.82) is 0 Å². The van der Waals surface area contributed by atoms with Crippen molar-refractivity contribution in [1.82, 2.24) is 10.3 Å². The molecule has 2 heterocycles. The minimum atomic E-state index is 0.673. The van der Waals surface area contributed by atoms with E-state index >= 15 is 0 Å². The second kappa shape index (κ2) is 4.62. The minimum absolute atomic E-state index is 0.673. The van der Waals surface area contributed by atoms with Crippen molar-refractivity contribution in [3.8, 4) is 0 Å². The average molecular weight is 205 g/mol. The number of pyridine rings is 1. The molecule has 0 bridgehead atoms. The molecule has 1 saturated heterocycles. The standard InChI is InChI=1S/C12H19N3/c1-3-6-15(12-8-13-9-12)11-4-5-14-10(2)7-11/h4-5,7,12-13H,3,6,8-9H2,1-2H3. The number of rotatable bonds is 4. The predicted octanol–water partition coefficient (Wildman–Crippen LogP) is 1.58. The zero-order valence-corrected chi connectivity index (χ0v) is 9.53. The van der Waals surface area contributed by atoms with Gasteiger partial charge in [0.15, 0.2) is 0 Å². The van der Waals surface area contributed by atoms with Crippen molar-refractivity contribution >= 4 is 5.69 Å². The fourth-order valence-corrected chi connectivity index (χ4v) is 1.97. The van der Waals surface area contributed by atoms with Gasteiger partial charge in [-0.15, -0.1) is 0 Å². The van der Waals surface area contributed by atoms with Crippen LogP contribution in [0.4, 0.5) is 5.69 Å². The molecule has 1 aromatic rings. The lowest BCUT2D eigenvalue weighted by atomic mass is 10.1. The molecule has 1 aromatic heterocycles. The van der Waals surface area contributed by atoms with Crippen LogP contribution in [0.15, 0.2) is 18.3 Å². The van der Waals surface area contributed by atoms with E-state index in [1.54, 1.807) is 0 Å². The normalized spacial score (nSPS) is 16.1. The molecule has 1 aliphatic heterocycles. The molecule has 2 rings (SSSR count). The lowest BCUT2D eigenvalue weighted by Gasteiger charge is -2.39. The Bertz CT molecular complexity index is 320. The molecule has 15 heavy (non-hydrogen) atoms. The smallest absolute Gasteiger partial charge is 0.0539 e. The van der Waals surface area contributed by atoms with E-state index in [2.05, 4.69) is 34.3 Å². The van der Waals surface area contributed by atoms with Crippen LogP contribution in [0, 0.1) is 6.92 Å². The highest BCUT2D eigenvalue weighted by Crippen LogP contribution is 2.19. The topological polar surface area (TPSA) is 28.2 Å². The predicted molar refractivity (Wildman–Crippen MR) is 63.3 cm³/mol. The summed E-state index contributed by atoms with van der Waals surface area (Å²) in [5, 5.41) is 3.33. The van der Waals surface area contributed by atoms with Gasteiger partial charge >= 0.3 is 0 Å². The molecule has 0 aromatic carbocycles. The van der Waals surface area contributed by atoms with Gasteiger partial charge in [-0.3, -0.25) is 4.98 Å². The van der Waals surface area contributed by atoms with E-state index in [4.69, 9.17) is 0 Å². The molecule has 0 aliphatic carbocycles. The van der Waals surface area contributed by atoms with Crippen LogP contribution in [0.3, 0.4) is 0 Å². The highest BCUT2D eigenvalue weighted by Gasteiger charge is 2.24. The van der Waals surface area contributed by atoms with Gasteiger partial charge in [-0.1, -0.05) is 6.92 Å². The van der Waals surface area contributed by atoms with Gasteiger partial charge in [0.25, 0.3) is 0 Å². The van der Waals surface area contributed by atoms with Gasteiger partial charge in [0.2, 0.25) is 0 Å². The summed E-state index contributed by atoms with van der Waals surface area (Å²) in [5.41, 5.74) is 2.41. The first-order valence-corrected chi connectivity index (χ1v) is 5.71. The van der Waals surface area contributed by atoms with E-state index in [9.17, 15) is 0 Å². The van der Waals surface area contributed by atoms with Gasteiger partial charge in [0.1, 0.15) is 0 Å². The van der Waals surface area contributed by atoms with Gasteiger partial charge < -0.3 is 10.2 Å². The van der Waals surface area contributed by atoms with Crippen LogP contribution < -0.4 is 10.2 Å². The molecule has 1 N–H and O–H groups in total. The molecule has 82 valence electrons. The Morgan fingerprint density at radius 1 is 1.53 bits per heavy atom. The largest absolute Gasteiger partial charge is 0.366 e. The number of hydrogen-bond donors (Lipinski definition) is 1. The molecule has 0 atom stereocenters. The number of nitrogens with zero attached hydrogens (tertiary/aromatic N) is 2. The van der Waals surface area contributed by atoms with E-state index in [1.807, 2.05) is 13.1 Å². The Kier molecular flexibility index (Phi) is 3.21. The van der Waals surface area contributed by atoms with Crippen molar-refractivity contribution in [2.75, 3.05) is 24.5 Å².